The highest BCUT2D eigenvalue weighted by Crippen LogP contribution is 2.18. The van der Waals surface area contributed by atoms with Gasteiger partial charge in [-0.25, -0.2) is 4.98 Å². The summed E-state index contributed by atoms with van der Waals surface area (Å²) < 4.78 is 1.87. The second kappa shape index (κ2) is 3.77. The van der Waals surface area contributed by atoms with Gasteiger partial charge in [-0.2, -0.15) is 0 Å². The van der Waals surface area contributed by atoms with Crippen LogP contribution in [0.3, 0.4) is 0 Å². The zero-order chi connectivity index (χ0) is 11.9. The number of hydrogen-bond acceptors (Lipinski definition) is 2. The average molecular weight is 219 g/mol. The van der Waals surface area contributed by atoms with Crippen LogP contribution in [0.1, 0.15) is 37.6 Å². The SMILES string of the molecule is CC[C@@H](C)n1[nH]c(=O)c2c(C)cc(C)nc21. The summed E-state index contributed by atoms with van der Waals surface area (Å²) in [6.45, 7) is 8.07. The summed E-state index contributed by atoms with van der Waals surface area (Å²) >= 11 is 0. The molecular formula is C12H17N3O. The molecular weight excluding hydrogens is 202 g/mol. The number of nitrogens with one attached hydrogen (secondary N) is 1. The molecule has 4 heteroatoms. The maximum absolute atomic E-state index is 11.8. The van der Waals surface area contributed by atoms with Crippen LogP contribution in [0.25, 0.3) is 11.0 Å². The standard InChI is InChI=1S/C12H17N3O/c1-5-9(4)15-11-10(12(16)14-15)7(2)6-8(3)13-11/h6,9H,5H2,1-4H3,(H,14,16)/t9-/m1/s1. The molecule has 0 radical (unpaired) electrons. The van der Waals surface area contributed by atoms with Crippen molar-refractivity contribution in [1.29, 1.82) is 0 Å². The summed E-state index contributed by atoms with van der Waals surface area (Å²) in [5.41, 5.74) is 2.67. The Labute approximate surface area is 94.3 Å². The number of aromatic nitrogens is 3. The fraction of sp³-hybridized carbons (Fsp3) is 0.500. The number of fused-ring (bicyclic) bond motifs is 1. The van der Waals surface area contributed by atoms with E-state index in [1.165, 1.54) is 0 Å². The molecule has 0 aliphatic rings. The molecule has 0 fully saturated rings. The van der Waals surface area contributed by atoms with E-state index in [1.807, 2.05) is 24.6 Å². The van der Waals surface area contributed by atoms with Crippen molar-refractivity contribution in [3.05, 3.63) is 27.7 Å². The monoisotopic (exact) mass is 219 g/mol. The first kappa shape index (κ1) is 10.9. The molecule has 2 heterocycles. The van der Waals surface area contributed by atoms with Crippen LogP contribution >= 0.6 is 0 Å². The smallest absolute Gasteiger partial charge is 0.267 e. The van der Waals surface area contributed by atoms with Crippen LogP contribution in [-0.4, -0.2) is 14.8 Å². The van der Waals surface area contributed by atoms with Crippen LogP contribution in [0, 0.1) is 13.8 Å². The van der Waals surface area contributed by atoms with Gasteiger partial charge < -0.3 is 0 Å². The molecule has 1 atom stereocenters. The number of aromatic amines is 1. The van der Waals surface area contributed by atoms with Gasteiger partial charge in [0.2, 0.25) is 0 Å². The molecule has 2 rings (SSSR count). The molecule has 1 N–H and O–H groups in total. The Morgan fingerprint density at radius 1 is 1.50 bits per heavy atom. The van der Waals surface area contributed by atoms with Gasteiger partial charge in [0.15, 0.2) is 5.65 Å². The summed E-state index contributed by atoms with van der Waals surface area (Å²) in [4.78, 5) is 16.3. The zero-order valence-corrected chi connectivity index (χ0v) is 10.2. The summed E-state index contributed by atoms with van der Waals surface area (Å²) in [5.74, 6) is 0. The van der Waals surface area contributed by atoms with Crippen LogP contribution in [0.2, 0.25) is 0 Å². The third kappa shape index (κ3) is 1.54. The second-order valence-corrected chi connectivity index (χ2v) is 4.35. The highest BCUT2D eigenvalue weighted by atomic mass is 16.1. The second-order valence-electron chi connectivity index (χ2n) is 4.35. The molecule has 0 saturated carbocycles. The maximum atomic E-state index is 11.8. The molecule has 86 valence electrons. The molecule has 0 unspecified atom stereocenters. The maximum Gasteiger partial charge on any atom is 0.273 e. The average Bonchev–Trinajstić information content (AvgIpc) is 2.54. The van der Waals surface area contributed by atoms with Gasteiger partial charge in [-0.15, -0.1) is 0 Å². The molecule has 0 aromatic carbocycles. The van der Waals surface area contributed by atoms with Crippen molar-refractivity contribution < 1.29 is 0 Å². The molecule has 0 saturated heterocycles. The Morgan fingerprint density at radius 2 is 2.19 bits per heavy atom. The molecule has 16 heavy (non-hydrogen) atoms. The number of H-pyrrole nitrogens is 1. The third-order valence-corrected chi connectivity index (χ3v) is 3.03. The summed E-state index contributed by atoms with van der Waals surface area (Å²) in [7, 11) is 0. The van der Waals surface area contributed by atoms with Crippen molar-refractivity contribution in [2.45, 2.75) is 40.2 Å². The fourth-order valence-corrected chi connectivity index (χ4v) is 1.99. The van der Waals surface area contributed by atoms with Gasteiger partial charge in [0.05, 0.1) is 5.39 Å². The Bertz CT molecular complexity index is 580. The van der Waals surface area contributed by atoms with E-state index in [4.69, 9.17) is 0 Å². The minimum atomic E-state index is -0.0414. The molecule has 2 aromatic heterocycles. The topological polar surface area (TPSA) is 50.7 Å². The van der Waals surface area contributed by atoms with Crippen molar-refractivity contribution in [3.8, 4) is 0 Å². The predicted octanol–water partition coefficient (Wildman–Crippen LogP) is 2.31. The van der Waals surface area contributed by atoms with Gasteiger partial charge in [0.25, 0.3) is 5.56 Å². The van der Waals surface area contributed by atoms with Gasteiger partial charge in [0, 0.05) is 11.7 Å². The van der Waals surface area contributed by atoms with Crippen LogP contribution in [0.15, 0.2) is 10.9 Å². The van der Waals surface area contributed by atoms with Crippen molar-refractivity contribution >= 4 is 11.0 Å². The quantitative estimate of drug-likeness (QED) is 0.842. The first-order valence-corrected chi connectivity index (χ1v) is 5.63. The van der Waals surface area contributed by atoms with E-state index in [9.17, 15) is 4.79 Å². The predicted molar refractivity (Wildman–Crippen MR) is 64.8 cm³/mol. The van der Waals surface area contributed by atoms with Crippen molar-refractivity contribution in [1.82, 2.24) is 14.8 Å². The summed E-state index contributed by atoms with van der Waals surface area (Å²) in [5, 5.41) is 3.58. The largest absolute Gasteiger partial charge is 0.273 e. The fourth-order valence-electron chi connectivity index (χ4n) is 1.99. The van der Waals surface area contributed by atoms with E-state index in [0.29, 0.717) is 5.39 Å². The Balaban J connectivity index is 2.83. The summed E-state index contributed by atoms with van der Waals surface area (Å²) in [6, 6.07) is 2.21. The first-order valence-electron chi connectivity index (χ1n) is 5.63. The number of rotatable bonds is 2. The number of nitrogens with zero attached hydrogens (tertiary/aromatic N) is 2. The zero-order valence-electron chi connectivity index (χ0n) is 10.2. The Kier molecular flexibility index (Phi) is 2.58. The lowest BCUT2D eigenvalue weighted by molar-refractivity contribution is 0.486. The van der Waals surface area contributed by atoms with Crippen LogP contribution in [0.5, 0.6) is 0 Å². The van der Waals surface area contributed by atoms with Crippen molar-refractivity contribution in [2.75, 3.05) is 0 Å². The van der Waals surface area contributed by atoms with Crippen LogP contribution in [-0.2, 0) is 0 Å². The minimum Gasteiger partial charge on any atom is -0.267 e. The molecule has 4 nitrogen and oxygen atoms in total. The van der Waals surface area contributed by atoms with E-state index in [1.54, 1.807) is 0 Å². The van der Waals surface area contributed by atoms with Gasteiger partial charge in [-0.3, -0.25) is 14.6 Å². The number of hydrogen-bond donors (Lipinski definition) is 1. The van der Waals surface area contributed by atoms with E-state index >= 15 is 0 Å². The van der Waals surface area contributed by atoms with Gasteiger partial charge in [-0.05, 0) is 38.8 Å². The van der Waals surface area contributed by atoms with E-state index < -0.39 is 0 Å². The lowest BCUT2D eigenvalue weighted by Crippen LogP contribution is -2.10. The lowest BCUT2D eigenvalue weighted by Gasteiger charge is -2.11. The third-order valence-electron chi connectivity index (χ3n) is 3.03. The molecule has 0 aliphatic carbocycles. The van der Waals surface area contributed by atoms with Gasteiger partial charge in [0.1, 0.15) is 0 Å². The van der Waals surface area contributed by atoms with Crippen molar-refractivity contribution in [3.63, 3.8) is 0 Å². The molecule has 0 amide bonds. The van der Waals surface area contributed by atoms with E-state index in [0.717, 1.165) is 23.3 Å². The first-order chi connectivity index (χ1) is 7.54. The van der Waals surface area contributed by atoms with E-state index in [2.05, 4.69) is 23.9 Å². The van der Waals surface area contributed by atoms with Crippen LogP contribution in [0.4, 0.5) is 0 Å². The molecule has 0 aliphatic heterocycles. The highest BCUT2D eigenvalue weighted by molar-refractivity contribution is 5.78. The molecule has 2 aromatic rings. The van der Waals surface area contributed by atoms with Gasteiger partial charge in [-0.1, -0.05) is 6.92 Å². The lowest BCUT2D eigenvalue weighted by atomic mass is 10.2. The Hall–Kier alpha value is -1.58. The molecule has 0 spiro atoms. The van der Waals surface area contributed by atoms with Crippen molar-refractivity contribution in [2.24, 2.45) is 0 Å². The summed E-state index contributed by atoms with van der Waals surface area (Å²) in [6.07, 6.45) is 0.967. The number of pyridine rings is 1. The van der Waals surface area contributed by atoms with Crippen LogP contribution < -0.4 is 5.56 Å². The highest BCUT2D eigenvalue weighted by Gasteiger charge is 2.14. The van der Waals surface area contributed by atoms with E-state index in [-0.39, 0.29) is 11.6 Å². The molecule has 0 bridgehead atoms. The minimum absolute atomic E-state index is 0.0414. The number of aryl methyl sites for hydroxylation is 2. The van der Waals surface area contributed by atoms with Gasteiger partial charge >= 0.3 is 0 Å². The normalized spacial score (nSPS) is 13.2. The Morgan fingerprint density at radius 3 is 2.81 bits per heavy atom.